The van der Waals surface area contributed by atoms with Gasteiger partial charge in [0.15, 0.2) is 11.5 Å². The van der Waals surface area contributed by atoms with Crippen LogP contribution in [0.15, 0.2) is 35.6 Å². The van der Waals surface area contributed by atoms with Gasteiger partial charge in [0.1, 0.15) is 5.75 Å². The molecule has 1 N–H and O–H groups in total. The molecule has 0 fully saturated rings. The Morgan fingerprint density at radius 1 is 1.14 bits per heavy atom. The average Bonchev–Trinajstić information content (AvgIpc) is 2.93. The summed E-state index contributed by atoms with van der Waals surface area (Å²) in [4.78, 5) is 40.0. The van der Waals surface area contributed by atoms with Crippen molar-refractivity contribution in [3.8, 4) is 5.75 Å². The fourth-order valence-corrected chi connectivity index (χ4v) is 3.38. The van der Waals surface area contributed by atoms with Gasteiger partial charge in [-0.3, -0.25) is 14.4 Å². The first-order valence-electron chi connectivity index (χ1n) is 9.61. The van der Waals surface area contributed by atoms with Crippen LogP contribution in [0.2, 0.25) is 0 Å². The third kappa shape index (κ3) is 4.59. The van der Waals surface area contributed by atoms with Crippen molar-refractivity contribution in [2.24, 2.45) is 0 Å². The first-order valence-corrected chi connectivity index (χ1v) is 9.61. The Bertz CT molecular complexity index is 766. The summed E-state index contributed by atoms with van der Waals surface area (Å²) in [5.74, 6) is -1.31. The van der Waals surface area contributed by atoms with E-state index in [-0.39, 0.29) is 17.8 Å². The molecule has 28 heavy (non-hydrogen) atoms. The molecule has 1 aromatic rings. The van der Waals surface area contributed by atoms with E-state index in [1.54, 1.807) is 31.2 Å². The fraction of sp³-hybridized carbons (Fsp3) is 0.476. The molecule has 0 bridgehead atoms. The van der Waals surface area contributed by atoms with E-state index >= 15 is 0 Å². The van der Waals surface area contributed by atoms with Crippen molar-refractivity contribution in [3.05, 3.63) is 41.2 Å². The van der Waals surface area contributed by atoms with Crippen LogP contribution in [0.25, 0.3) is 0 Å². The Hall–Kier alpha value is -2.67. The molecule has 0 radical (unpaired) electrons. The number of ketones is 1. The largest absolute Gasteiger partial charge is 0.503 e. The van der Waals surface area contributed by atoms with Crippen molar-refractivity contribution in [2.45, 2.75) is 40.2 Å². The summed E-state index contributed by atoms with van der Waals surface area (Å²) in [5, 5.41) is 10.4. The van der Waals surface area contributed by atoms with E-state index in [1.807, 2.05) is 13.8 Å². The van der Waals surface area contributed by atoms with Gasteiger partial charge >= 0.3 is 5.97 Å². The highest BCUT2D eigenvalue weighted by atomic mass is 16.5. The minimum absolute atomic E-state index is 0.132. The molecule has 0 aliphatic carbocycles. The molecule has 1 aliphatic rings. The number of hydrogen-bond acceptors (Lipinski definition) is 6. The fourth-order valence-electron chi connectivity index (χ4n) is 3.38. The monoisotopic (exact) mass is 388 g/mol. The molecule has 1 aliphatic heterocycles. The summed E-state index contributed by atoms with van der Waals surface area (Å²) >= 11 is 0. The molecule has 152 valence electrons. The topological polar surface area (TPSA) is 87.2 Å². The van der Waals surface area contributed by atoms with Gasteiger partial charge in [0, 0.05) is 26.4 Å². The van der Waals surface area contributed by atoms with Crippen LogP contribution < -0.4 is 4.74 Å². The Labute approximate surface area is 165 Å². The molecule has 7 heteroatoms. The zero-order valence-corrected chi connectivity index (χ0v) is 16.9. The Kier molecular flexibility index (Phi) is 7.34. The predicted octanol–water partition coefficient (Wildman–Crippen LogP) is 2.63. The molecule has 1 amide bonds. The lowest BCUT2D eigenvalue weighted by Gasteiger charge is -2.29. The van der Waals surface area contributed by atoms with Gasteiger partial charge in [-0.2, -0.15) is 0 Å². The van der Waals surface area contributed by atoms with Crippen LogP contribution in [-0.2, 0) is 14.4 Å². The molecule has 1 atom stereocenters. The zero-order valence-electron chi connectivity index (χ0n) is 16.9. The molecular formula is C21H28N2O5. The summed E-state index contributed by atoms with van der Waals surface area (Å²) in [5.41, 5.74) is 0.817. The smallest absolute Gasteiger partial charge is 0.308 e. The van der Waals surface area contributed by atoms with Crippen molar-refractivity contribution in [1.82, 2.24) is 9.80 Å². The van der Waals surface area contributed by atoms with E-state index in [0.717, 1.165) is 13.1 Å². The van der Waals surface area contributed by atoms with Crippen LogP contribution in [0.1, 0.15) is 45.7 Å². The summed E-state index contributed by atoms with van der Waals surface area (Å²) in [6, 6.07) is 6.01. The maximum absolute atomic E-state index is 12.7. The van der Waals surface area contributed by atoms with Crippen molar-refractivity contribution in [3.63, 3.8) is 0 Å². The molecule has 1 unspecified atom stereocenters. The Morgan fingerprint density at radius 2 is 1.75 bits per heavy atom. The number of carbonyl (C=O) groups is 3. The minimum atomic E-state index is -0.651. The predicted molar refractivity (Wildman–Crippen MR) is 105 cm³/mol. The highest BCUT2D eigenvalue weighted by Gasteiger charge is 2.42. The lowest BCUT2D eigenvalue weighted by Crippen LogP contribution is -2.38. The number of aliphatic hydroxyl groups is 1. The van der Waals surface area contributed by atoms with E-state index < -0.39 is 23.7 Å². The van der Waals surface area contributed by atoms with E-state index in [0.29, 0.717) is 24.4 Å². The number of Topliss-reactive ketones (excluding diaryl/α,β-unsaturated/α-hetero) is 1. The van der Waals surface area contributed by atoms with E-state index in [4.69, 9.17) is 4.74 Å². The standard InChI is InChI=1S/C21H28N2O5/c1-5-17(25)18-19(15-8-10-16(11-9-15)28-14(4)24)23(21(27)20(18)26)13-12-22(6-2)7-3/h8-11,19,26H,5-7,12-13H2,1-4H3. The number of esters is 1. The van der Waals surface area contributed by atoms with Crippen molar-refractivity contribution in [2.75, 3.05) is 26.2 Å². The van der Waals surface area contributed by atoms with Crippen LogP contribution >= 0.6 is 0 Å². The number of amides is 1. The summed E-state index contributed by atoms with van der Waals surface area (Å²) in [6.07, 6.45) is 0.193. The number of hydrogen-bond donors (Lipinski definition) is 1. The van der Waals surface area contributed by atoms with Crippen molar-refractivity contribution in [1.29, 1.82) is 0 Å². The molecule has 0 spiro atoms. The number of ether oxygens (including phenoxy) is 1. The molecule has 0 saturated heterocycles. The summed E-state index contributed by atoms with van der Waals surface area (Å²) in [6.45, 7) is 9.83. The van der Waals surface area contributed by atoms with E-state index in [2.05, 4.69) is 4.90 Å². The summed E-state index contributed by atoms with van der Waals surface area (Å²) in [7, 11) is 0. The minimum Gasteiger partial charge on any atom is -0.503 e. The lowest BCUT2D eigenvalue weighted by molar-refractivity contribution is -0.132. The number of carbonyl (C=O) groups excluding carboxylic acids is 3. The maximum atomic E-state index is 12.7. The first kappa shape index (κ1) is 21.6. The Balaban J connectivity index is 2.38. The number of benzene rings is 1. The first-order chi connectivity index (χ1) is 13.3. The van der Waals surface area contributed by atoms with Crippen LogP contribution in [0.5, 0.6) is 5.75 Å². The molecular weight excluding hydrogens is 360 g/mol. The molecule has 1 heterocycles. The second-order valence-corrected chi connectivity index (χ2v) is 6.63. The number of rotatable bonds is 9. The summed E-state index contributed by atoms with van der Waals surface area (Å²) < 4.78 is 5.05. The number of aliphatic hydroxyl groups excluding tert-OH is 1. The van der Waals surface area contributed by atoms with Gasteiger partial charge in [-0.1, -0.05) is 32.9 Å². The second kappa shape index (κ2) is 9.50. The molecule has 7 nitrogen and oxygen atoms in total. The zero-order chi connectivity index (χ0) is 20.8. The highest BCUT2D eigenvalue weighted by molar-refractivity contribution is 6.08. The van der Waals surface area contributed by atoms with Gasteiger partial charge in [-0.25, -0.2) is 0 Å². The number of likely N-dealkylation sites (N-methyl/N-ethyl adjacent to an activating group) is 1. The molecule has 0 aromatic heterocycles. The van der Waals surface area contributed by atoms with Gasteiger partial charge < -0.3 is 19.6 Å². The third-order valence-electron chi connectivity index (χ3n) is 4.93. The van der Waals surface area contributed by atoms with Gasteiger partial charge in [0.05, 0.1) is 11.6 Å². The van der Waals surface area contributed by atoms with Crippen LogP contribution in [0.4, 0.5) is 0 Å². The molecule has 1 aromatic carbocycles. The van der Waals surface area contributed by atoms with Crippen molar-refractivity contribution < 1.29 is 24.2 Å². The lowest BCUT2D eigenvalue weighted by atomic mass is 9.95. The van der Waals surface area contributed by atoms with Crippen LogP contribution in [0, 0.1) is 0 Å². The average molecular weight is 388 g/mol. The number of nitrogens with zero attached hydrogens (tertiary/aromatic N) is 2. The van der Waals surface area contributed by atoms with Gasteiger partial charge in [-0.05, 0) is 30.8 Å². The quantitative estimate of drug-likeness (QED) is 0.517. The van der Waals surface area contributed by atoms with E-state index in [9.17, 15) is 19.5 Å². The normalized spacial score (nSPS) is 16.8. The SMILES string of the molecule is CCC(=O)C1=C(O)C(=O)N(CCN(CC)CC)C1c1ccc(OC(C)=O)cc1. The van der Waals surface area contributed by atoms with Crippen LogP contribution in [-0.4, -0.2) is 58.7 Å². The van der Waals surface area contributed by atoms with Gasteiger partial charge in [-0.15, -0.1) is 0 Å². The van der Waals surface area contributed by atoms with Gasteiger partial charge in [0.2, 0.25) is 0 Å². The van der Waals surface area contributed by atoms with E-state index in [1.165, 1.54) is 11.8 Å². The molecule has 2 rings (SSSR count). The maximum Gasteiger partial charge on any atom is 0.308 e. The Morgan fingerprint density at radius 3 is 2.25 bits per heavy atom. The van der Waals surface area contributed by atoms with Crippen LogP contribution in [0.3, 0.4) is 0 Å². The second-order valence-electron chi connectivity index (χ2n) is 6.63. The van der Waals surface area contributed by atoms with Gasteiger partial charge in [0.25, 0.3) is 5.91 Å². The molecule has 0 saturated carbocycles. The third-order valence-corrected chi connectivity index (χ3v) is 4.93. The highest BCUT2D eigenvalue weighted by Crippen LogP contribution is 2.38. The van der Waals surface area contributed by atoms with Crippen molar-refractivity contribution >= 4 is 17.7 Å².